The van der Waals surface area contributed by atoms with Crippen LogP contribution in [0.5, 0.6) is 0 Å². The van der Waals surface area contributed by atoms with Crippen molar-refractivity contribution >= 4 is 15.7 Å². The highest BCUT2D eigenvalue weighted by molar-refractivity contribution is 7.89. The molecule has 7 nitrogen and oxygen atoms in total. The highest BCUT2D eigenvalue weighted by atomic mass is 32.2. The van der Waals surface area contributed by atoms with E-state index in [0.717, 1.165) is 12.1 Å². The van der Waals surface area contributed by atoms with E-state index < -0.39 is 14.9 Å². The largest absolute Gasteiger partial charge is 0.316 e. The highest BCUT2D eigenvalue weighted by Crippen LogP contribution is 2.25. The SMILES string of the molecule is O=[N+]([O-])c1ccc(S(=O)(=O)NC2CCNCC2c2ccccc2)cc1. The van der Waals surface area contributed by atoms with E-state index in [0.29, 0.717) is 13.0 Å². The van der Waals surface area contributed by atoms with Crippen LogP contribution < -0.4 is 10.0 Å². The second kappa shape index (κ2) is 7.30. The van der Waals surface area contributed by atoms with Gasteiger partial charge in [-0.3, -0.25) is 10.1 Å². The van der Waals surface area contributed by atoms with Gasteiger partial charge in [0, 0.05) is 30.6 Å². The Bertz CT molecular complexity index is 838. The fourth-order valence-electron chi connectivity index (χ4n) is 3.06. The maximum Gasteiger partial charge on any atom is 0.269 e. The molecule has 1 fully saturated rings. The van der Waals surface area contributed by atoms with Crippen molar-refractivity contribution in [2.75, 3.05) is 13.1 Å². The predicted octanol–water partition coefficient (Wildman–Crippen LogP) is 2.02. The van der Waals surface area contributed by atoms with Gasteiger partial charge in [-0.25, -0.2) is 13.1 Å². The van der Waals surface area contributed by atoms with Crippen LogP contribution in [0.15, 0.2) is 59.5 Å². The van der Waals surface area contributed by atoms with Gasteiger partial charge in [0.2, 0.25) is 10.0 Å². The zero-order valence-electron chi connectivity index (χ0n) is 13.5. The summed E-state index contributed by atoms with van der Waals surface area (Å²) in [5.41, 5.74) is 0.939. The Labute approximate surface area is 146 Å². The van der Waals surface area contributed by atoms with Crippen LogP contribution in [0.3, 0.4) is 0 Å². The number of hydrogen-bond donors (Lipinski definition) is 2. The third-order valence-corrected chi connectivity index (χ3v) is 5.88. The average Bonchev–Trinajstić information content (AvgIpc) is 2.63. The van der Waals surface area contributed by atoms with Gasteiger partial charge in [-0.15, -0.1) is 0 Å². The molecule has 8 heteroatoms. The van der Waals surface area contributed by atoms with Gasteiger partial charge in [-0.05, 0) is 30.7 Å². The summed E-state index contributed by atoms with van der Waals surface area (Å²) >= 11 is 0. The van der Waals surface area contributed by atoms with Crippen LogP contribution in [0.25, 0.3) is 0 Å². The van der Waals surface area contributed by atoms with E-state index in [-0.39, 0.29) is 22.5 Å². The van der Waals surface area contributed by atoms with Gasteiger partial charge in [0.1, 0.15) is 0 Å². The summed E-state index contributed by atoms with van der Waals surface area (Å²) in [5, 5.41) is 14.0. The lowest BCUT2D eigenvalue weighted by molar-refractivity contribution is -0.384. The maximum atomic E-state index is 12.7. The van der Waals surface area contributed by atoms with Crippen LogP contribution in [0, 0.1) is 10.1 Å². The van der Waals surface area contributed by atoms with E-state index in [1.54, 1.807) is 0 Å². The zero-order valence-corrected chi connectivity index (χ0v) is 14.3. The number of sulfonamides is 1. The van der Waals surface area contributed by atoms with E-state index in [9.17, 15) is 18.5 Å². The Morgan fingerprint density at radius 1 is 1.08 bits per heavy atom. The minimum Gasteiger partial charge on any atom is -0.316 e. The Balaban J connectivity index is 1.81. The maximum absolute atomic E-state index is 12.7. The third kappa shape index (κ3) is 4.04. The van der Waals surface area contributed by atoms with E-state index in [1.807, 2.05) is 30.3 Å². The standard InChI is InChI=1S/C17H19N3O4S/c21-20(22)14-6-8-15(9-7-14)25(23,24)19-17-10-11-18-12-16(17)13-4-2-1-3-5-13/h1-9,16-19H,10-12H2. The lowest BCUT2D eigenvalue weighted by atomic mass is 9.88. The van der Waals surface area contributed by atoms with Crippen LogP contribution >= 0.6 is 0 Å². The van der Waals surface area contributed by atoms with Gasteiger partial charge in [0.05, 0.1) is 9.82 Å². The average molecular weight is 361 g/mol. The lowest BCUT2D eigenvalue weighted by Crippen LogP contribution is -2.48. The minimum absolute atomic E-state index is 0.0303. The fourth-order valence-corrected chi connectivity index (χ4v) is 4.38. The molecule has 1 heterocycles. The van der Waals surface area contributed by atoms with Crippen LogP contribution in [-0.2, 0) is 10.0 Å². The van der Waals surface area contributed by atoms with Crippen molar-refractivity contribution in [2.24, 2.45) is 0 Å². The number of nitrogens with one attached hydrogen (secondary N) is 2. The number of nitro groups is 1. The van der Waals surface area contributed by atoms with Gasteiger partial charge in [0.15, 0.2) is 0 Å². The molecular weight excluding hydrogens is 342 g/mol. The lowest BCUT2D eigenvalue weighted by Gasteiger charge is -2.33. The van der Waals surface area contributed by atoms with Crippen molar-refractivity contribution in [3.05, 3.63) is 70.3 Å². The van der Waals surface area contributed by atoms with E-state index in [4.69, 9.17) is 0 Å². The number of nitro benzene ring substituents is 1. The zero-order chi connectivity index (χ0) is 17.9. The number of non-ortho nitro benzene ring substituents is 1. The van der Waals surface area contributed by atoms with Crippen molar-refractivity contribution in [1.82, 2.24) is 10.0 Å². The first-order valence-corrected chi connectivity index (χ1v) is 9.48. The summed E-state index contributed by atoms with van der Waals surface area (Å²) in [4.78, 5) is 10.2. The molecule has 0 spiro atoms. The molecule has 0 radical (unpaired) electrons. The second-order valence-corrected chi connectivity index (χ2v) is 7.70. The summed E-state index contributed by atoms with van der Waals surface area (Å²) < 4.78 is 28.1. The molecule has 1 aliphatic rings. The first-order valence-electron chi connectivity index (χ1n) is 8.00. The molecule has 0 amide bonds. The Hall–Kier alpha value is -2.29. The molecule has 0 aromatic heterocycles. The monoisotopic (exact) mass is 361 g/mol. The minimum atomic E-state index is -3.74. The van der Waals surface area contributed by atoms with Crippen LogP contribution in [0.1, 0.15) is 17.9 Å². The van der Waals surface area contributed by atoms with Gasteiger partial charge < -0.3 is 5.32 Å². The number of nitrogens with zero attached hydrogens (tertiary/aromatic N) is 1. The van der Waals surface area contributed by atoms with Gasteiger partial charge in [0.25, 0.3) is 5.69 Å². The molecule has 132 valence electrons. The Kier molecular flexibility index (Phi) is 5.12. The number of rotatable bonds is 5. The molecule has 3 rings (SSSR count). The van der Waals surface area contributed by atoms with Crippen molar-refractivity contribution in [1.29, 1.82) is 0 Å². The summed E-state index contributed by atoms with van der Waals surface area (Å²) in [6, 6.07) is 14.5. The summed E-state index contributed by atoms with van der Waals surface area (Å²) in [7, 11) is -3.74. The number of hydrogen-bond acceptors (Lipinski definition) is 5. The Morgan fingerprint density at radius 3 is 2.40 bits per heavy atom. The molecule has 2 aromatic carbocycles. The first kappa shape index (κ1) is 17.5. The predicted molar refractivity (Wildman–Crippen MR) is 93.9 cm³/mol. The molecule has 0 saturated carbocycles. The molecule has 25 heavy (non-hydrogen) atoms. The second-order valence-electron chi connectivity index (χ2n) is 5.99. The topological polar surface area (TPSA) is 101 Å². The Morgan fingerprint density at radius 2 is 1.76 bits per heavy atom. The van der Waals surface area contributed by atoms with Crippen molar-refractivity contribution in [2.45, 2.75) is 23.3 Å². The molecule has 2 N–H and O–H groups in total. The highest BCUT2D eigenvalue weighted by Gasteiger charge is 2.30. The van der Waals surface area contributed by atoms with Crippen molar-refractivity contribution in [3.63, 3.8) is 0 Å². The summed E-state index contributed by atoms with van der Waals surface area (Å²) in [5.74, 6) is 0.0303. The van der Waals surface area contributed by atoms with Crippen LogP contribution in [0.2, 0.25) is 0 Å². The molecule has 2 aromatic rings. The van der Waals surface area contributed by atoms with E-state index in [1.165, 1.54) is 24.3 Å². The quantitative estimate of drug-likeness (QED) is 0.627. The van der Waals surface area contributed by atoms with Gasteiger partial charge >= 0.3 is 0 Å². The first-order chi connectivity index (χ1) is 12.0. The molecular formula is C17H19N3O4S. The molecule has 2 unspecified atom stereocenters. The number of piperidine rings is 1. The molecule has 0 aliphatic carbocycles. The summed E-state index contributed by atoms with van der Waals surface area (Å²) in [6.07, 6.45) is 0.672. The van der Waals surface area contributed by atoms with Crippen molar-refractivity contribution in [3.8, 4) is 0 Å². The normalized spacial score (nSPS) is 21.0. The smallest absolute Gasteiger partial charge is 0.269 e. The molecule has 1 aliphatic heterocycles. The van der Waals surface area contributed by atoms with Crippen LogP contribution in [-0.4, -0.2) is 32.5 Å². The van der Waals surface area contributed by atoms with Crippen molar-refractivity contribution < 1.29 is 13.3 Å². The molecule has 1 saturated heterocycles. The fraction of sp³-hybridized carbons (Fsp3) is 0.294. The van der Waals surface area contributed by atoms with E-state index >= 15 is 0 Å². The van der Waals surface area contributed by atoms with Gasteiger partial charge in [-0.1, -0.05) is 30.3 Å². The summed E-state index contributed by atoms with van der Waals surface area (Å²) in [6.45, 7) is 1.42. The molecule has 2 atom stereocenters. The van der Waals surface area contributed by atoms with E-state index in [2.05, 4.69) is 10.0 Å². The third-order valence-electron chi connectivity index (χ3n) is 4.37. The van der Waals surface area contributed by atoms with Crippen LogP contribution in [0.4, 0.5) is 5.69 Å². The number of benzene rings is 2. The van der Waals surface area contributed by atoms with Gasteiger partial charge in [-0.2, -0.15) is 0 Å². The molecule has 0 bridgehead atoms.